The van der Waals surface area contributed by atoms with E-state index in [0.717, 1.165) is 89.1 Å². The second-order valence-electron chi connectivity index (χ2n) is 18.5. The molecule has 10 aromatic rings. The molecule has 6 heteroatoms. The summed E-state index contributed by atoms with van der Waals surface area (Å²) < 4.78 is 16.9. The number of pyridine rings is 1. The van der Waals surface area contributed by atoms with Gasteiger partial charge in [0.1, 0.15) is 5.58 Å². The van der Waals surface area contributed by atoms with Gasteiger partial charge in [-0.25, -0.2) is 0 Å². The number of nitrogens with zero attached hydrogens (tertiary/aromatic N) is 3. The first kappa shape index (κ1) is 43.1. The van der Waals surface area contributed by atoms with Gasteiger partial charge in [-0.2, -0.15) is 0 Å². The Morgan fingerprint density at radius 3 is 1.94 bits per heavy atom. The van der Waals surface area contributed by atoms with E-state index in [1.807, 2.05) is 62.5 Å². The first-order valence-electron chi connectivity index (χ1n) is 22.2. The minimum absolute atomic E-state index is 0. The summed E-state index contributed by atoms with van der Waals surface area (Å²) in [5.74, 6) is 0.221. The maximum absolute atomic E-state index is 8.01. The van der Waals surface area contributed by atoms with Gasteiger partial charge in [-0.3, -0.25) is 4.98 Å². The Labute approximate surface area is 393 Å². The third-order valence-corrected chi connectivity index (χ3v) is 13.8. The van der Waals surface area contributed by atoms with Crippen molar-refractivity contribution in [3.63, 3.8) is 0 Å². The molecule has 1 radical (unpaired) electrons. The fraction of sp³-hybridized carbons (Fsp3) is 0.172. The van der Waals surface area contributed by atoms with Crippen LogP contribution >= 0.6 is 0 Å². The van der Waals surface area contributed by atoms with Crippen LogP contribution in [0.4, 0.5) is 0 Å². The number of imidazole rings is 1. The normalized spacial score (nSPS) is 12.2. The van der Waals surface area contributed by atoms with Crippen LogP contribution in [0.3, 0.4) is 0 Å². The van der Waals surface area contributed by atoms with Crippen LogP contribution in [-0.4, -0.2) is 22.6 Å². The van der Waals surface area contributed by atoms with E-state index in [2.05, 4.69) is 183 Å². The molecule has 10 rings (SSSR count). The Balaban J connectivity index is 0.000000232. The second kappa shape index (κ2) is 18.1. The summed E-state index contributed by atoms with van der Waals surface area (Å²) in [7, 11) is -1.29. The molecular weight excluding hydrogens is 975 g/mol. The van der Waals surface area contributed by atoms with Gasteiger partial charge in [-0.05, 0) is 63.3 Å². The first-order chi connectivity index (χ1) is 30.6. The van der Waals surface area contributed by atoms with E-state index in [9.17, 15) is 0 Å². The quantitative estimate of drug-likeness (QED) is 0.118. The van der Waals surface area contributed by atoms with Gasteiger partial charge in [-0.15, -0.1) is 53.6 Å². The molecule has 0 unspecified atom stereocenters. The van der Waals surface area contributed by atoms with Gasteiger partial charge in [-0.1, -0.05) is 174 Å². The SMILES string of the molecule is CC(C)(C)c1cc(-c2ccccc2)c(-n2c(-c3[c-]ccc4c3oc3ccccc34)nc3ccccc32)c(-c2ccccc2)c1.[2H]C(C)(C)c1c[c-]c(-c2ccc([Si](C)(C)C)cn2)cc1.[Ir]. The molecule has 0 saturated heterocycles. The van der Waals surface area contributed by atoms with Gasteiger partial charge < -0.3 is 14.0 Å². The molecule has 64 heavy (non-hydrogen) atoms. The summed E-state index contributed by atoms with van der Waals surface area (Å²) in [5.41, 5.74) is 14.3. The number of hydrogen-bond donors (Lipinski definition) is 0. The van der Waals surface area contributed by atoms with Gasteiger partial charge in [0.25, 0.3) is 0 Å². The van der Waals surface area contributed by atoms with Gasteiger partial charge in [0.05, 0.1) is 36.2 Å². The van der Waals surface area contributed by atoms with Crippen molar-refractivity contribution in [3.8, 4) is 50.6 Å². The number of rotatable bonds is 7. The van der Waals surface area contributed by atoms with Crippen molar-refractivity contribution in [1.82, 2.24) is 14.5 Å². The van der Waals surface area contributed by atoms with Crippen molar-refractivity contribution in [2.45, 2.75) is 65.6 Å². The standard InChI is InChI=1S/C41H31N2O.C17H22NSi.Ir/c1-41(2,3)29-25-33(27-15-6-4-7-16-27)38(34(26-29)28-17-8-5-9-18-28)43-36-23-12-11-22-35(36)42-40(43)32-21-14-20-31-30-19-10-13-24-37(30)44-39(31)32;1-13(2)14-6-8-15(9-7-14)17-11-10-16(12-18-17)19(3,4)5;/h4-20,22-26H,1-3H3;6-8,10-13H,1-5H3;/q2*-1;/i;13D;. The van der Waals surface area contributed by atoms with Crippen molar-refractivity contribution < 1.29 is 25.9 Å². The molecule has 0 bridgehead atoms. The molecule has 7 aromatic carbocycles. The smallest absolute Gasteiger partial charge is 0.120 e. The van der Waals surface area contributed by atoms with Crippen LogP contribution < -0.4 is 5.19 Å². The molecule has 0 atom stereocenters. The van der Waals surface area contributed by atoms with Gasteiger partial charge >= 0.3 is 0 Å². The second-order valence-corrected chi connectivity index (χ2v) is 23.6. The zero-order valence-electron chi connectivity index (χ0n) is 38.7. The Hall–Kier alpha value is -6.17. The first-order valence-corrected chi connectivity index (χ1v) is 25.2. The molecule has 3 aromatic heterocycles. The van der Waals surface area contributed by atoms with E-state index < -0.39 is 14.0 Å². The molecule has 4 nitrogen and oxygen atoms in total. The number of aromatic nitrogens is 3. The van der Waals surface area contributed by atoms with Crippen molar-refractivity contribution in [1.29, 1.82) is 0 Å². The topological polar surface area (TPSA) is 43.9 Å². The molecular formula is C58H53IrN3OSi-2. The molecule has 0 N–H and O–H groups in total. The van der Waals surface area contributed by atoms with E-state index in [-0.39, 0.29) is 25.5 Å². The fourth-order valence-electron chi connectivity index (χ4n) is 8.15. The minimum Gasteiger partial charge on any atom is -0.501 e. The van der Waals surface area contributed by atoms with E-state index in [1.54, 1.807) is 0 Å². The summed E-state index contributed by atoms with van der Waals surface area (Å²) in [6.45, 7) is 17.6. The number of para-hydroxylation sites is 3. The van der Waals surface area contributed by atoms with E-state index in [4.69, 9.17) is 10.8 Å². The van der Waals surface area contributed by atoms with Crippen molar-refractivity contribution in [2.75, 3.05) is 0 Å². The van der Waals surface area contributed by atoms with E-state index >= 15 is 0 Å². The predicted octanol–water partition coefficient (Wildman–Crippen LogP) is 15.2. The molecule has 0 fully saturated rings. The number of furan rings is 1. The van der Waals surface area contributed by atoms with Crippen LogP contribution in [-0.2, 0) is 25.5 Å². The monoisotopic (exact) mass is 1030 g/mol. The van der Waals surface area contributed by atoms with Crippen molar-refractivity contribution in [2.24, 2.45) is 0 Å². The van der Waals surface area contributed by atoms with Crippen molar-refractivity contribution in [3.05, 3.63) is 193 Å². The third kappa shape index (κ3) is 8.83. The molecule has 3 heterocycles. The van der Waals surface area contributed by atoms with Crippen LogP contribution in [0, 0.1) is 12.1 Å². The molecule has 0 amide bonds. The van der Waals surface area contributed by atoms with Crippen LogP contribution in [0.1, 0.15) is 53.0 Å². The van der Waals surface area contributed by atoms with E-state index in [1.165, 1.54) is 10.8 Å². The van der Waals surface area contributed by atoms with Gasteiger partial charge in [0.2, 0.25) is 0 Å². The van der Waals surface area contributed by atoms with Crippen molar-refractivity contribution >= 4 is 46.2 Å². The summed E-state index contributed by atoms with van der Waals surface area (Å²) >= 11 is 0. The molecule has 0 aliphatic heterocycles. The number of fused-ring (bicyclic) bond motifs is 4. The van der Waals surface area contributed by atoms with Crippen LogP contribution in [0.5, 0.6) is 0 Å². The van der Waals surface area contributed by atoms with Gasteiger partial charge in [0, 0.05) is 44.2 Å². The van der Waals surface area contributed by atoms with E-state index in [0.29, 0.717) is 0 Å². The largest absolute Gasteiger partial charge is 0.501 e. The third-order valence-electron chi connectivity index (χ3n) is 11.8. The molecule has 0 aliphatic rings. The molecule has 0 saturated carbocycles. The Bertz CT molecular complexity index is 3130. The molecule has 0 spiro atoms. The Kier molecular flexibility index (Phi) is 12.2. The average molecular weight is 1030 g/mol. The van der Waals surface area contributed by atoms with Gasteiger partial charge in [0.15, 0.2) is 0 Å². The zero-order chi connectivity index (χ0) is 44.8. The Morgan fingerprint density at radius 1 is 0.703 bits per heavy atom. The number of hydrogen-bond acceptors (Lipinski definition) is 3. The molecule has 321 valence electrons. The summed E-state index contributed by atoms with van der Waals surface area (Å²) in [6.07, 6.45) is 2.00. The van der Waals surface area contributed by atoms with Crippen LogP contribution in [0.2, 0.25) is 19.6 Å². The summed E-state index contributed by atoms with van der Waals surface area (Å²) in [6, 6.07) is 63.7. The fourth-order valence-corrected chi connectivity index (χ4v) is 9.19. The zero-order valence-corrected chi connectivity index (χ0v) is 41.1. The summed E-state index contributed by atoms with van der Waals surface area (Å²) in [4.78, 5) is 9.86. The average Bonchev–Trinajstić information content (AvgIpc) is 3.87. The Morgan fingerprint density at radius 2 is 1.34 bits per heavy atom. The van der Waals surface area contributed by atoms with Crippen LogP contribution in [0.25, 0.3) is 83.6 Å². The predicted molar refractivity (Wildman–Crippen MR) is 268 cm³/mol. The van der Waals surface area contributed by atoms with Crippen LogP contribution in [0.15, 0.2) is 174 Å². The summed E-state index contributed by atoms with van der Waals surface area (Å²) in [5, 5.41) is 3.51. The maximum atomic E-state index is 8.01. The molecule has 0 aliphatic carbocycles. The maximum Gasteiger partial charge on any atom is 0.120 e. The minimum atomic E-state index is -1.29. The number of benzene rings is 7.